The number of hydrogen-bond acceptors (Lipinski definition) is 2. The van der Waals surface area contributed by atoms with E-state index in [1.54, 1.807) is 31.2 Å². The minimum atomic E-state index is -3.15. The maximum atomic E-state index is 12.1. The predicted octanol–water partition coefficient (Wildman–Crippen LogP) is 2.89. The molecule has 15 heavy (non-hydrogen) atoms. The second kappa shape index (κ2) is 4.79. The second-order valence-corrected chi connectivity index (χ2v) is 6.25. The molecule has 0 fully saturated rings. The van der Waals surface area contributed by atoms with Crippen molar-refractivity contribution in [1.82, 2.24) is 0 Å². The molecule has 2 atom stereocenters. The van der Waals surface area contributed by atoms with E-state index in [-0.39, 0.29) is 11.2 Å². The van der Waals surface area contributed by atoms with Gasteiger partial charge < -0.3 is 0 Å². The van der Waals surface area contributed by atoms with Crippen molar-refractivity contribution in [3.8, 4) is 0 Å². The van der Waals surface area contributed by atoms with E-state index in [9.17, 15) is 8.42 Å². The molecule has 0 saturated carbocycles. The number of sulfone groups is 1. The SMILES string of the molecule is CCC(C)C(C)S(=O)(=O)c1ccccc1. The Balaban J connectivity index is 3.04. The first kappa shape index (κ1) is 12.2. The van der Waals surface area contributed by atoms with Crippen molar-refractivity contribution in [3.63, 3.8) is 0 Å². The lowest BCUT2D eigenvalue weighted by atomic mass is 10.1. The van der Waals surface area contributed by atoms with Gasteiger partial charge in [0.1, 0.15) is 0 Å². The van der Waals surface area contributed by atoms with Gasteiger partial charge in [-0.2, -0.15) is 0 Å². The molecule has 0 saturated heterocycles. The Bertz CT molecular complexity index is 395. The summed E-state index contributed by atoms with van der Waals surface area (Å²) in [6.45, 7) is 5.78. The highest BCUT2D eigenvalue weighted by Gasteiger charge is 2.26. The Hall–Kier alpha value is -0.830. The van der Waals surface area contributed by atoms with Crippen LogP contribution in [-0.2, 0) is 9.84 Å². The van der Waals surface area contributed by atoms with Crippen LogP contribution in [0.2, 0.25) is 0 Å². The van der Waals surface area contributed by atoms with Crippen molar-refractivity contribution in [2.45, 2.75) is 37.3 Å². The lowest BCUT2D eigenvalue weighted by molar-refractivity contribution is 0.510. The molecule has 2 nitrogen and oxygen atoms in total. The number of hydrogen-bond donors (Lipinski definition) is 0. The van der Waals surface area contributed by atoms with Gasteiger partial charge in [-0.1, -0.05) is 38.5 Å². The molecule has 0 aliphatic heterocycles. The Kier molecular flexibility index (Phi) is 3.91. The lowest BCUT2D eigenvalue weighted by Gasteiger charge is -2.18. The van der Waals surface area contributed by atoms with E-state index in [4.69, 9.17) is 0 Å². The summed E-state index contributed by atoms with van der Waals surface area (Å²) in [7, 11) is -3.15. The topological polar surface area (TPSA) is 34.1 Å². The molecule has 3 heteroatoms. The molecular weight excluding hydrogens is 208 g/mol. The molecular formula is C12H18O2S. The van der Waals surface area contributed by atoms with Crippen LogP contribution in [0.25, 0.3) is 0 Å². The molecule has 0 bridgehead atoms. The Labute approximate surface area is 92.2 Å². The standard InChI is InChI=1S/C12H18O2S/c1-4-10(2)11(3)15(13,14)12-8-6-5-7-9-12/h5-11H,4H2,1-3H3. The highest BCUT2D eigenvalue weighted by Crippen LogP contribution is 2.22. The summed E-state index contributed by atoms with van der Waals surface area (Å²) < 4.78 is 24.3. The van der Waals surface area contributed by atoms with Gasteiger partial charge in [-0.25, -0.2) is 8.42 Å². The highest BCUT2D eigenvalue weighted by molar-refractivity contribution is 7.92. The predicted molar refractivity (Wildman–Crippen MR) is 62.5 cm³/mol. The van der Waals surface area contributed by atoms with Gasteiger partial charge in [0.25, 0.3) is 0 Å². The molecule has 0 heterocycles. The maximum Gasteiger partial charge on any atom is 0.181 e. The normalized spacial score (nSPS) is 15.9. The molecule has 84 valence electrons. The van der Waals surface area contributed by atoms with E-state index in [1.165, 1.54) is 0 Å². The van der Waals surface area contributed by atoms with Crippen LogP contribution in [0.4, 0.5) is 0 Å². The van der Waals surface area contributed by atoms with Crippen molar-refractivity contribution in [2.75, 3.05) is 0 Å². The van der Waals surface area contributed by atoms with E-state index < -0.39 is 9.84 Å². The zero-order chi connectivity index (χ0) is 11.5. The van der Waals surface area contributed by atoms with Crippen molar-refractivity contribution >= 4 is 9.84 Å². The zero-order valence-electron chi connectivity index (χ0n) is 9.47. The maximum absolute atomic E-state index is 12.1. The monoisotopic (exact) mass is 226 g/mol. The number of benzene rings is 1. The van der Waals surface area contributed by atoms with Gasteiger partial charge in [-0.15, -0.1) is 0 Å². The van der Waals surface area contributed by atoms with Crippen LogP contribution in [0.3, 0.4) is 0 Å². The van der Waals surface area contributed by atoms with Crippen LogP contribution in [0.1, 0.15) is 27.2 Å². The lowest BCUT2D eigenvalue weighted by Crippen LogP contribution is -2.24. The van der Waals surface area contributed by atoms with Gasteiger partial charge >= 0.3 is 0 Å². The third kappa shape index (κ3) is 2.59. The Morgan fingerprint density at radius 3 is 2.13 bits per heavy atom. The third-order valence-electron chi connectivity index (χ3n) is 3.01. The molecule has 1 aromatic carbocycles. The van der Waals surface area contributed by atoms with Gasteiger partial charge in [0.05, 0.1) is 10.1 Å². The fourth-order valence-corrected chi connectivity index (χ4v) is 3.23. The van der Waals surface area contributed by atoms with Gasteiger partial charge in [0.15, 0.2) is 9.84 Å². The highest BCUT2D eigenvalue weighted by atomic mass is 32.2. The van der Waals surface area contributed by atoms with Crippen LogP contribution in [-0.4, -0.2) is 13.7 Å². The molecule has 1 aromatic rings. The average molecular weight is 226 g/mol. The summed E-state index contributed by atoms with van der Waals surface area (Å²) in [6.07, 6.45) is 0.882. The molecule has 1 rings (SSSR count). The van der Waals surface area contributed by atoms with Crippen LogP contribution in [0, 0.1) is 5.92 Å². The summed E-state index contributed by atoms with van der Waals surface area (Å²) in [5.74, 6) is 0.190. The van der Waals surface area contributed by atoms with E-state index >= 15 is 0 Å². The Morgan fingerprint density at radius 1 is 1.13 bits per heavy atom. The minimum absolute atomic E-state index is 0.190. The van der Waals surface area contributed by atoms with Gasteiger partial charge in [0.2, 0.25) is 0 Å². The first-order valence-electron chi connectivity index (χ1n) is 5.29. The Morgan fingerprint density at radius 2 is 1.67 bits per heavy atom. The third-order valence-corrected chi connectivity index (χ3v) is 5.38. The quantitative estimate of drug-likeness (QED) is 0.791. The average Bonchev–Trinajstić information content (AvgIpc) is 2.28. The summed E-state index contributed by atoms with van der Waals surface area (Å²) in [5.41, 5.74) is 0. The molecule has 0 spiro atoms. The van der Waals surface area contributed by atoms with Crippen molar-refractivity contribution in [3.05, 3.63) is 30.3 Å². The summed E-state index contributed by atoms with van der Waals surface area (Å²) >= 11 is 0. The molecule has 2 unspecified atom stereocenters. The fourth-order valence-electron chi connectivity index (χ4n) is 1.46. The molecule has 0 amide bonds. The molecule has 0 aromatic heterocycles. The fraction of sp³-hybridized carbons (Fsp3) is 0.500. The molecule has 0 aliphatic carbocycles. The van der Waals surface area contributed by atoms with Crippen LogP contribution in [0.5, 0.6) is 0 Å². The van der Waals surface area contributed by atoms with E-state index in [0.717, 1.165) is 6.42 Å². The first-order chi connectivity index (χ1) is 7.00. The van der Waals surface area contributed by atoms with E-state index in [1.807, 2.05) is 19.9 Å². The number of rotatable bonds is 4. The van der Waals surface area contributed by atoms with Crippen LogP contribution < -0.4 is 0 Å². The first-order valence-corrected chi connectivity index (χ1v) is 6.83. The molecule has 0 radical (unpaired) electrons. The van der Waals surface area contributed by atoms with E-state index in [2.05, 4.69) is 0 Å². The van der Waals surface area contributed by atoms with Crippen molar-refractivity contribution in [2.24, 2.45) is 5.92 Å². The van der Waals surface area contributed by atoms with Crippen molar-refractivity contribution < 1.29 is 8.42 Å². The van der Waals surface area contributed by atoms with Crippen LogP contribution in [0.15, 0.2) is 35.2 Å². The summed E-state index contributed by atoms with van der Waals surface area (Å²) in [6, 6.07) is 8.67. The minimum Gasteiger partial charge on any atom is -0.223 e. The van der Waals surface area contributed by atoms with Gasteiger partial charge in [0, 0.05) is 0 Å². The van der Waals surface area contributed by atoms with Gasteiger partial charge in [-0.05, 0) is 25.0 Å². The summed E-state index contributed by atoms with van der Waals surface area (Å²) in [5, 5.41) is -0.315. The zero-order valence-corrected chi connectivity index (χ0v) is 10.3. The molecule has 0 aliphatic rings. The largest absolute Gasteiger partial charge is 0.223 e. The van der Waals surface area contributed by atoms with Crippen LogP contribution >= 0.6 is 0 Å². The molecule has 0 N–H and O–H groups in total. The van der Waals surface area contributed by atoms with Gasteiger partial charge in [-0.3, -0.25) is 0 Å². The summed E-state index contributed by atoms with van der Waals surface area (Å²) in [4.78, 5) is 0.429. The van der Waals surface area contributed by atoms with Crippen molar-refractivity contribution in [1.29, 1.82) is 0 Å². The van der Waals surface area contributed by atoms with E-state index in [0.29, 0.717) is 4.90 Å². The smallest absolute Gasteiger partial charge is 0.181 e. The second-order valence-electron chi connectivity index (χ2n) is 3.95.